The third-order valence-corrected chi connectivity index (χ3v) is 5.28. The van der Waals surface area contributed by atoms with E-state index in [0.717, 1.165) is 19.4 Å². The van der Waals surface area contributed by atoms with Crippen molar-refractivity contribution >= 4 is 10.0 Å². The smallest absolute Gasteiger partial charge is 0.216 e. The molecular formula is C10H22N2O2S. The number of sulfonamides is 1. The summed E-state index contributed by atoms with van der Waals surface area (Å²) in [6.07, 6.45) is 1.72. The average molecular weight is 234 g/mol. The van der Waals surface area contributed by atoms with Crippen molar-refractivity contribution < 1.29 is 8.42 Å². The topological polar surface area (TPSA) is 58.2 Å². The Morgan fingerprint density at radius 1 is 1.47 bits per heavy atom. The molecule has 2 N–H and O–H groups in total. The van der Waals surface area contributed by atoms with Crippen LogP contribution in [0.3, 0.4) is 0 Å². The first-order valence-corrected chi connectivity index (χ1v) is 7.24. The molecule has 5 heteroatoms. The summed E-state index contributed by atoms with van der Waals surface area (Å²) in [6.45, 7) is 7.48. The van der Waals surface area contributed by atoms with Gasteiger partial charge in [0.15, 0.2) is 0 Å². The zero-order valence-corrected chi connectivity index (χ0v) is 10.6. The normalized spacial score (nSPS) is 26.5. The van der Waals surface area contributed by atoms with Crippen molar-refractivity contribution in [3.63, 3.8) is 0 Å². The monoisotopic (exact) mass is 234 g/mol. The second-order valence-electron chi connectivity index (χ2n) is 4.45. The van der Waals surface area contributed by atoms with Crippen molar-refractivity contribution in [3.05, 3.63) is 0 Å². The fourth-order valence-electron chi connectivity index (χ4n) is 1.72. The summed E-state index contributed by atoms with van der Waals surface area (Å²) < 4.78 is 26.6. The van der Waals surface area contributed by atoms with Crippen molar-refractivity contribution in [2.75, 3.05) is 13.1 Å². The highest BCUT2D eigenvalue weighted by atomic mass is 32.2. The molecule has 0 aromatic carbocycles. The van der Waals surface area contributed by atoms with Crippen molar-refractivity contribution in [3.8, 4) is 0 Å². The Morgan fingerprint density at radius 3 is 2.60 bits per heavy atom. The fourth-order valence-corrected chi connectivity index (χ4v) is 3.43. The number of hydrogen-bond donors (Lipinski definition) is 2. The summed E-state index contributed by atoms with van der Waals surface area (Å²) in [5, 5.41) is 2.83. The molecule has 0 bridgehead atoms. The SMILES string of the molecule is CCC(C)C(C)NS(=O)(=O)C1CCNC1. The molecule has 0 spiro atoms. The molecular weight excluding hydrogens is 212 g/mol. The summed E-state index contributed by atoms with van der Waals surface area (Å²) in [4.78, 5) is 0. The second-order valence-corrected chi connectivity index (χ2v) is 6.44. The number of nitrogens with one attached hydrogen (secondary N) is 2. The van der Waals surface area contributed by atoms with Crippen molar-refractivity contribution in [1.82, 2.24) is 10.0 Å². The molecule has 1 aliphatic heterocycles. The molecule has 0 aliphatic carbocycles. The Hall–Kier alpha value is -0.130. The molecule has 1 heterocycles. The van der Waals surface area contributed by atoms with E-state index in [-0.39, 0.29) is 11.3 Å². The summed E-state index contributed by atoms with van der Waals surface area (Å²) in [6, 6.07) is 0.0283. The molecule has 0 aromatic heterocycles. The standard InChI is InChI=1S/C10H22N2O2S/c1-4-8(2)9(3)12-15(13,14)10-5-6-11-7-10/h8-12H,4-7H2,1-3H3. The highest BCUT2D eigenvalue weighted by molar-refractivity contribution is 7.90. The van der Waals surface area contributed by atoms with Crippen LogP contribution in [0.4, 0.5) is 0 Å². The Bertz CT molecular complexity index is 284. The van der Waals surface area contributed by atoms with Crippen LogP contribution in [0.15, 0.2) is 0 Å². The molecule has 0 amide bonds. The van der Waals surface area contributed by atoms with Gasteiger partial charge in [0.25, 0.3) is 0 Å². The van der Waals surface area contributed by atoms with Gasteiger partial charge in [-0.05, 0) is 25.8 Å². The lowest BCUT2D eigenvalue weighted by atomic mass is 10.0. The van der Waals surface area contributed by atoms with Gasteiger partial charge in [0.1, 0.15) is 0 Å². The van der Waals surface area contributed by atoms with Crippen LogP contribution in [0.5, 0.6) is 0 Å². The third kappa shape index (κ3) is 3.43. The molecule has 1 aliphatic rings. The first-order valence-electron chi connectivity index (χ1n) is 5.69. The zero-order chi connectivity index (χ0) is 11.5. The van der Waals surface area contributed by atoms with Gasteiger partial charge in [-0.1, -0.05) is 20.3 Å². The Balaban J connectivity index is 2.55. The van der Waals surface area contributed by atoms with Crippen molar-refractivity contribution in [2.24, 2.45) is 5.92 Å². The Kier molecular flexibility index (Phi) is 4.55. The zero-order valence-electron chi connectivity index (χ0n) is 9.79. The van der Waals surface area contributed by atoms with Gasteiger partial charge in [0, 0.05) is 12.6 Å². The van der Waals surface area contributed by atoms with Gasteiger partial charge in [0.05, 0.1) is 5.25 Å². The summed E-state index contributed by atoms with van der Waals surface area (Å²) >= 11 is 0. The Morgan fingerprint density at radius 2 is 2.13 bits per heavy atom. The first kappa shape index (κ1) is 12.9. The molecule has 90 valence electrons. The maximum atomic E-state index is 11.9. The lowest BCUT2D eigenvalue weighted by Gasteiger charge is -2.21. The number of hydrogen-bond acceptors (Lipinski definition) is 3. The molecule has 0 radical (unpaired) electrons. The van der Waals surface area contributed by atoms with E-state index in [0.29, 0.717) is 12.5 Å². The van der Waals surface area contributed by atoms with Crippen LogP contribution >= 0.6 is 0 Å². The van der Waals surface area contributed by atoms with Crippen LogP contribution in [0.25, 0.3) is 0 Å². The van der Waals surface area contributed by atoms with Crippen LogP contribution in [-0.4, -0.2) is 32.8 Å². The van der Waals surface area contributed by atoms with E-state index in [1.807, 2.05) is 6.92 Å². The molecule has 1 rings (SSSR count). The first-order chi connectivity index (χ1) is 6.97. The molecule has 4 nitrogen and oxygen atoms in total. The van der Waals surface area contributed by atoms with Gasteiger partial charge in [-0.15, -0.1) is 0 Å². The molecule has 3 unspecified atom stereocenters. The average Bonchev–Trinajstić information content (AvgIpc) is 2.69. The van der Waals surface area contributed by atoms with Crippen LogP contribution < -0.4 is 10.0 Å². The van der Waals surface area contributed by atoms with E-state index in [2.05, 4.69) is 23.9 Å². The quantitative estimate of drug-likeness (QED) is 0.736. The molecule has 3 atom stereocenters. The third-order valence-electron chi connectivity index (χ3n) is 3.30. The minimum Gasteiger partial charge on any atom is -0.315 e. The summed E-state index contributed by atoms with van der Waals surface area (Å²) in [5.41, 5.74) is 0. The van der Waals surface area contributed by atoms with Gasteiger partial charge < -0.3 is 5.32 Å². The van der Waals surface area contributed by atoms with E-state index in [9.17, 15) is 8.42 Å². The fraction of sp³-hybridized carbons (Fsp3) is 1.00. The van der Waals surface area contributed by atoms with Crippen LogP contribution in [0.2, 0.25) is 0 Å². The van der Waals surface area contributed by atoms with Crippen molar-refractivity contribution in [2.45, 2.75) is 44.9 Å². The van der Waals surface area contributed by atoms with Gasteiger partial charge >= 0.3 is 0 Å². The minimum atomic E-state index is -3.13. The largest absolute Gasteiger partial charge is 0.315 e. The van der Waals surface area contributed by atoms with E-state index < -0.39 is 10.0 Å². The Labute approximate surface area is 92.9 Å². The lowest BCUT2D eigenvalue weighted by Crippen LogP contribution is -2.43. The minimum absolute atomic E-state index is 0.0283. The van der Waals surface area contributed by atoms with Gasteiger partial charge in [0.2, 0.25) is 10.0 Å². The van der Waals surface area contributed by atoms with Crippen LogP contribution in [-0.2, 0) is 10.0 Å². The van der Waals surface area contributed by atoms with Gasteiger partial charge in [-0.3, -0.25) is 0 Å². The predicted molar refractivity (Wildman–Crippen MR) is 62.2 cm³/mol. The van der Waals surface area contributed by atoms with E-state index in [1.165, 1.54) is 0 Å². The highest BCUT2D eigenvalue weighted by Gasteiger charge is 2.30. The van der Waals surface area contributed by atoms with Gasteiger partial charge in [-0.25, -0.2) is 13.1 Å². The van der Waals surface area contributed by atoms with Gasteiger partial charge in [-0.2, -0.15) is 0 Å². The number of rotatable bonds is 5. The summed E-state index contributed by atoms with van der Waals surface area (Å²) in [7, 11) is -3.13. The molecule has 1 fully saturated rings. The van der Waals surface area contributed by atoms with Crippen LogP contribution in [0.1, 0.15) is 33.6 Å². The molecule has 0 saturated carbocycles. The van der Waals surface area contributed by atoms with E-state index in [1.54, 1.807) is 0 Å². The maximum Gasteiger partial charge on any atom is 0.216 e. The molecule has 0 aromatic rings. The molecule has 15 heavy (non-hydrogen) atoms. The predicted octanol–water partition coefficient (Wildman–Crippen LogP) is 0.702. The molecule has 1 saturated heterocycles. The van der Waals surface area contributed by atoms with E-state index >= 15 is 0 Å². The lowest BCUT2D eigenvalue weighted by molar-refractivity contribution is 0.431. The second kappa shape index (κ2) is 5.27. The van der Waals surface area contributed by atoms with Crippen LogP contribution in [0, 0.1) is 5.92 Å². The summed E-state index contributed by atoms with van der Waals surface area (Å²) in [5.74, 6) is 0.383. The van der Waals surface area contributed by atoms with E-state index in [4.69, 9.17) is 0 Å². The maximum absolute atomic E-state index is 11.9. The van der Waals surface area contributed by atoms with Crippen molar-refractivity contribution in [1.29, 1.82) is 0 Å². The highest BCUT2D eigenvalue weighted by Crippen LogP contribution is 2.13.